The zero-order valence-corrected chi connectivity index (χ0v) is 19.8. The van der Waals surface area contributed by atoms with Crippen molar-refractivity contribution < 1.29 is 9.59 Å². The highest BCUT2D eigenvalue weighted by Crippen LogP contribution is 2.21. The number of fused-ring (bicyclic) bond motifs is 1. The van der Waals surface area contributed by atoms with Gasteiger partial charge in [0.1, 0.15) is 6.04 Å². The number of benzene rings is 2. The molecule has 5 rings (SSSR count). The molecule has 3 heterocycles. The second-order valence-corrected chi connectivity index (χ2v) is 9.60. The maximum atomic E-state index is 13.6. The van der Waals surface area contributed by atoms with Crippen LogP contribution in [0.3, 0.4) is 0 Å². The third-order valence-electron chi connectivity index (χ3n) is 6.38. The number of carbonyl (C=O) groups excluding carboxylic acids is 2. The minimum Gasteiger partial charge on any atom is -0.361 e. The number of H-pyrrole nitrogens is 1. The van der Waals surface area contributed by atoms with Crippen LogP contribution in [0, 0.1) is 0 Å². The first-order chi connectivity index (χ1) is 16.7. The van der Waals surface area contributed by atoms with Crippen molar-refractivity contribution in [2.24, 2.45) is 0 Å². The summed E-state index contributed by atoms with van der Waals surface area (Å²) in [7, 11) is 0. The maximum absolute atomic E-state index is 13.6. The number of thiophene rings is 1. The van der Waals surface area contributed by atoms with Crippen molar-refractivity contribution in [3.05, 3.63) is 94.3 Å². The van der Waals surface area contributed by atoms with Gasteiger partial charge < -0.3 is 15.2 Å². The number of para-hydroxylation sites is 1. The predicted octanol–water partition coefficient (Wildman–Crippen LogP) is 3.91. The smallest absolute Gasteiger partial charge is 0.262 e. The third-order valence-corrected chi connectivity index (χ3v) is 7.25. The molecule has 0 radical (unpaired) electrons. The molecule has 6 nitrogen and oxygen atoms in total. The van der Waals surface area contributed by atoms with Crippen molar-refractivity contribution in [1.29, 1.82) is 0 Å². The summed E-state index contributed by atoms with van der Waals surface area (Å²) in [5.41, 5.74) is 3.34. The van der Waals surface area contributed by atoms with Crippen LogP contribution in [-0.4, -0.2) is 58.8 Å². The monoisotopic (exact) mass is 472 g/mol. The molecule has 34 heavy (non-hydrogen) atoms. The van der Waals surface area contributed by atoms with Gasteiger partial charge in [-0.05, 0) is 28.6 Å². The van der Waals surface area contributed by atoms with Crippen LogP contribution in [0.15, 0.2) is 78.3 Å². The van der Waals surface area contributed by atoms with Gasteiger partial charge in [-0.25, -0.2) is 0 Å². The number of hydrogen-bond donors (Lipinski definition) is 2. The van der Waals surface area contributed by atoms with Crippen LogP contribution >= 0.6 is 11.3 Å². The van der Waals surface area contributed by atoms with Crippen molar-refractivity contribution in [2.45, 2.75) is 19.0 Å². The Labute approximate surface area is 203 Å². The van der Waals surface area contributed by atoms with E-state index in [2.05, 4.69) is 39.5 Å². The average molecular weight is 473 g/mol. The fraction of sp³-hybridized carbons (Fsp3) is 0.259. The minimum atomic E-state index is -0.616. The molecule has 0 bridgehead atoms. The van der Waals surface area contributed by atoms with E-state index < -0.39 is 6.04 Å². The molecule has 0 spiro atoms. The first kappa shape index (κ1) is 22.4. The van der Waals surface area contributed by atoms with Gasteiger partial charge >= 0.3 is 0 Å². The van der Waals surface area contributed by atoms with Crippen molar-refractivity contribution in [2.75, 3.05) is 26.2 Å². The summed E-state index contributed by atoms with van der Waals surface area (Å²) in [6.45, 7) is 3.84. The highest BCUT2D eigenvalue weighted by atomic mass is 32.1. The molecule has 1 aliphatic heterocycles. The van der Waals surface area contributed by atoms with Crippen LogP contribution in [-0.2, 0) is 17.8 Å². The number of nitrogens with one attached hydrogen (secondary N) is 2. The van der Waals surface area contributed by atoms with Crippen LogP contribution in [0.2, 0.25) is 0 Å². The number of hydrogen-bond acceptors (Lipinski definition) is 4. The van der Waals surface area contributed by atoms with E-state index in [1.165, 1.54) is 16.9 Å². The molecule has 2 amide bonds. The lowest BCUT2D eigenvalue weighted by molar-refractivity contribution is -0.135. The SMILES string of the molecule is O=C(N[C@@H](Cc1c[nH]c2ccccc12)C(=O)N1CCN(Cc2ccccc2)CC1)c1cccs1. The largest absolute Gasteiger partial charge is 0.361 e. The van der Waals surface area contributed by atoms with E-state index >= 15 is 0 Å². The molecule has 174 valence electrons. The van der Waals surface area contributed by atoms with E-state index in [4.69, 9.17) is 0 Å². The Morgan fingerprint density at radius 1 is 0.941 bits per heavy atom. The Morgan fingerprint density at radius 2 is 1.71 bits per heavy atom. The summed E-state index contributed by atoms with van der Waals surface area (Å²) < 4.78 is 0. The molecule has 0 aliphatic carbocycles. The number of aromatic amines is 1. The Morgan fingerprint density at radius 3 is 2.47 bits per heavy atom. The summed E-state index contributed by atoms with van der Waals surface area (Å²) in [4.78, 5) is 34.6. The minimum absolute atomic E-state index is 0.0189. The summed E-state index contributed by atoms with van der Waals surface area (Å²) in [5.74, 6) is -0.217. The van der Waals surface area contributed by atoms with Gasteiger partial charge in [0.05, 0.1) is 4.88 Å². The van der Waals surface area contributed by atoms with Crippen LogP contribution in [0.25, 0.3) is 10.9 Å². The van der Waals surface area contributed by atoms with Gasteiger partial charge in [-0.2, -0.15) is 0 Å². The van der Waals surface area contributed by atoms with E-state index in [1.54, 1.807) is 6.07 Å². The second kappa shape index (κ2) is 10.2. The van der Waals surface area contributed by atoms with Crippen LogP contribution in [0.5, 0.6) is 0 Å². The second-order valence-electron chi connectivity index (χ2n) is 8.65. The van der Waals surface area contributed by atoms with Crippen molar-refractivity contribution in [3.8, 4) is 0 Å². The molecule has 0 saturated carbocycles. The summed E-state index contributed by atoms with van der Waals surface area (Å²) in [5, 5.41) is 5.98. The average Bonchev–Trinajstić information content (AvgIpc) is 3.55. The molecule has 4 aromatic rings. The Kier molecular flexibility index (Phi) is 6.74. The lowest BCUT2D eigenvalue weighted by Gasteiger charge is -2.36. The number of piperazine rings is 1. The van der Waals surface area contributed by atoms with Gasteiger partial charge in [-0.15, -0.1) is 11.3 Å². The Hall–Kier alpha value is -3.42. The van der Waals surface area contributed by atoms with E-state index in [1.807, 2.05) is 52.9 Å². The Bertz CT molecular complexity index is 1240. The first-order valence-electron chi connectivity index (χ1n) is 11.6. The van der Waals surface area contributed by atoms with E-state index in [9.17, 15) is 9.59 Å². The molecule has 2 aromatic carbocycles. The lowest BCUT2D eigenvalue weighted by Crippen LogP contribution is -2.55. The number of rotatable bonds is 7. The normalized spacial score (nSPS) is 15.4. The number of carbonyl (C=O) groups is 2. The van der Waals surface area contributed by atoms with Gasteiger partial charge in [0.15, 0.2) is 0 Å². The van der Waals surface area contributed by atoms with Crippen LogP contribution < -0.4 is 5.32 Å². The molecule has 7 heteroatoms. The van der Waals surface area contributed by atoms with Gasteiger partial charge in [0.2, 0.25) is 5.91 Å². The highest BCUT2D eigenvalue weighted by molar-refractivity contribution is 7.12. The molecule has 1 aliphatic rings. The fourth-order valence-corrected chi connectivity index (χ4v) is 5.17. The number of nitrogens with zero attached hydrogens (tertiary/aromatic N) is 2. The van der Waals surface area contributed by atoms with Gasteiger partial charge in [-0.1, -0.05) is 54.6 Å². The zero-order valence-electron chi connectivity index (χ0n) is 18.9. The van der Waals surface area contributed by atoms with Gasteiger partial charge in [0.25, 0.3) is 5.91 Å². The summed E-state index contributed by atoms with van der Waals surface area (Å²) in [6, 6.07) is 21.5. The van der Waals surface area contributed by atoms with Crippen molar-refractivity contribution in [1.82, 2.24) is 20.1 Å². The first-order valence-corrected chi connectivity index (χ1v) is 12.5. The van der Waals surface area contributed by atoms with Crippen LogP contribution in [0.1, 0.15) is 20.8 Å². The standard InChI is InChI=1S/C27H28N4O2S/c32-26(25-11-6-16-34-25)29-24(17-21-18-28-23-10-5-4-9-22(21)23)27(33)31-14-12-30(13-15-31)19-20-7-2-1-3-8-20/h1-11,16,18,24,28H,12-15,17,19H2,(H,29,32)/t24-/m0/s1. The maximum Gasteiger partial charge on any atom is 0.262 e. The number of amides is 2. The van der Waals surface area contributed by atoms with Gasteiger partial charge in [0, 0.05) is 56.2 Å². The third kappa shape index (κ3) is 5.05. The molecule has 1 saturated heterocycles. The Balaban J connectivity index is 1.29. The molecule has 1 atom stereocenters. The number of aromatic nitrogens is 1. The fourth-order valence-electron chi connectivity index (χ4n) is 4.55. The zero-order chi connectivity index (χ0) is 23.3. The van der Waals surface area contributed by atoms with E-state index in [0.717, 1.165) is 36.1 Å². The highest BCUT2D eigenvalue weighted by Gasteiger charge is 2.30. The van der Waals surface area contributed by atoms with E-state index in [-0.39, 0.29) is 11.8 Å². The topological polar surface area (TPSA) is 68.4 Å². The molecule has 0 unspecified atom stereocenters. The van der Waals surface area contributed by atoms with Gasteiger partial charge in [-0.3, -0.25) is 14.5 Å². The molecule has 2 N–H and O–H groups in total. The quantitative estimate of drug-likeness (QED) is 0.429. The van der Waals surface area contributed by atoms with E-state index in [0.29, 0.717) is 24.4 Å². The van der Waals surface area contributed by atoms with Crippen LogP contribution in [0.4, 0.5) is 0 Å². The lowest BCUT2D eigenvalue weighted by atomic mass is 10.0. The molecular weight excluding hydrogens is 444 g/mol. The predicted molar refractivity (Wildman–Crippen MR) is 136 cm³/mol. The molecular formula is C27H28N4O2S. The summed E-state index contributed by atoms with van der Waals surface area (Å²) in [6.07, 6.45) is 2.39. The van der Waals surface area contributed by atoms with Crippen molar-refractivity contribution >= 4 is 34.1 Å². The summed E-state index contributed by atoms with van der Waals surface area (Å²) >= 11 is 1.38. The molecule has 2 aromatic heterocycles. The van der Waals surface area contributed by atoms with Crippen molar-refractivity contribution in [3.63, 3.8) is 0 Å². The molecule has 1 fully saturated rings.